The summed E-state index contributed by atoms with van der Waals surface area (Å²) < 4.78 is 27.3. The van der Waals surface area contributed by atoms with Gasteiger partial charge < -0.3 is 15.5 Å². The van der Waals surface area contributed by atoms with E-state index in [1.165, 1.54) is 13.1 Å². The van der Waals surface area contributed by atoms with Crippen molar-refractivity contribution in [3.63, 3.8) is 0 Å². The summed E-state index contributed by atoms with van der Waals surface area (Å²) in [6, 6.07) is 4.97. The van der Waals surface area contributed by atoms with Crippen LogP contribution in [0, 0.1) is 6.92 Å². The lowest BCUT2D eigenvalue weighted by atomic mass is 10.1. The largest absolute Gasteiger partial charge is 0.365 e. The Kier molecular flexibility index (Phi) is 7.51. The van der Waals surface area contributed by atoms with Crippen molar-refractivity contribution in [3.05, 3.63) is 40.9 Å². The number of carbonyl (C=O) groups is 1. The van der Waals surface area contributed by atoms with E-state index in [9.17, 15) is 13.2 Å². The number of thiocarbonyl (C=S) groups is 1. The standard InChI is InChI=1S/C17H24N4O3S3/c1-4-15(21-7-8-26-11-21)19-16(22)10-13-6-5-12(2)14(9-13)27(23,24)20-17(25)18-3/h5-9,15H,4,10-11H2,1-3H3,(H,19,22)(H2,18,20,25). The Balaban J connectivity index is 2.11. The minimum absolute atomic E-state index is 0.0138. The molecule has 1 unspecified atom stereocenters. The third-order valence-electron chi connectivity index (χ3n) is 4.05. The Morgan fingerprint density at radius 1 is 1.41 bits per heavy atom. The van der Waals surface area contributed by atoms with E-state index < -0.39 is 10.0 Å². The van der Waals surface area contributed by atoms with Crippen molar-refractivity contribution in [1.82, 2.24) is 20.3 Å². The summed E-state index contributed by atoms with van der Waals surface area (Å²) in [5, 5.41) is 7.58. The number of hydrogen-bond acceptors (Lipinski definition) is 6. The van der Waals surface area contributed by atoms with Gasteiger partial charge in [-0.25, -0.2) is 8.42 Å². The summed E-state index contributed by atoms with van der Waals surface area (Å²) in [6.07, 6.45) is 2.76. The second kappa shape index (κ2) is 9.43. The summed E-state index contributed by atoms with van der Waals surface area (Å²) in [5.41, 5.74) is 1.20. The van der Waals surface area contributed by atoms with Gasteiger partial charge in [0.1, 0.15) is 6.17 Å². The first kappa shape index (κ1) is 21.5. The minimum Gasteiger partial charge on any atom is -0.365 e. The maximum absolute atomic E-state index is 12.5. The van der Waals surface area contributed by atoms with Gasteiger partial charge >= 0.3 is 0 Å². The summed E-state index contributed by atoms with van der Waals surface area (Å²) in [6.45, 7) is 3.71. The number of hydrogen-bond donors (Lipinski definition) is 3. The van der Waals surface area contributed by atoms with E-state index in [0.29, 0.717) is 11.1 Å². The third kappa shape index (κ3) is 5.85. The number of nitrogens with zero attached hydrogens (tertiary/aromatic N) is 1. The SMILES string of the molecule is CCC(NC(=O)Cc1ccc(C)c(S(=O)(=O)NC(=S)NC)c1)N1C=CSC1. The molecule has 0 aliphatic carbocycles. The highest BCUT2D eigenvalue weighted by Gasteiger charge is 2.21. The maximum atomic E-state index is 12.5. The van der Waals surface area contributed by atoms with Crippen molar-refractivity contribution in [2.24, 2.45) is 0 Å². The molecule has 1 aliphatic heterocycles. The number of aryl methyl sites for hydroxylation is 1. The van der Waals surface area contributed by atoms with E-state index in [2.05, 4.69) is 20.3 Å². The van der Waals surface area contributed by atoms with Gasteiger partial charge in [-0.2, -0.15) is 0 Å². The van der Waals surface area contributed by atoms with Crippen LogP contribution in [0.1, 0.15) is 24.5 Å². The number of thioether (sulfide) groups is 1. The van der Waals surface area contributed by atoms with Crippen molar-refractivity contribution in [3.8, 4) is 0 Å². The molecule has 1 aromatic rings. The summed E-state index contributed by atoms with van der Waals surface area (Å²) in [5.74, 6) is 0.654. The molecule has 0 radical (unpaired) electrons. The first-order valence-electron chi connectivity index (χ1n) is 8.44. The van der Waals surface area contributed by atoms with Crippen LogP contribution in [0.2, 0.25) is 0 Å². The Bertz CT molecular complexity index is 840. The Morgan fingerprint density at radius 2 is 2.15 bits per heavy atom. The molecular formula is C17H24N4O3S3. The molecular weight excluding hydrogens is 404 g/mol. The zero-order valence-electron chi connectivity index (χ0n) is 15.5. The van der Waals surface area contributed by atoms with Crippen LogP contribution in [0.15, 0.2) is 34.7 Å². The first-order valence-corrected chi connectivity index (χ1v) is 11.4. The lowest BCUT2D eigenvalue weighted by molar-refractivity contribution is -0.122. The molecule has 0 spiro atoms. The zero-order valence-corrected chi connectivity index (χ0v) is 17.9. The average molecular weight is 429 g/mol. The highest BCUT2D eigenvalue weighted by atomic mass is 32.2. The molecule has 7 nitrogen and oxygen atoms in total. The Morgan fingerprint density at radius 3 is 2.74 bits per heavy atom. The Hall–Kier alpha value is -1.78. The predicted molar refractivity (Wildman–Crippen MR) is 113 cm³/mol. The van der Waals surface area contributed by atoms with Gasteiger partial charge in [0.05, 0.1) is 17.2 Å². The lowest BCUT2D eigenvalue weighted by Gasteiger charge is -2.27. The quantitative estimate of drug-likeness (QED) is 0.569. The van der Waals surface area contributed by atoms with Crippen LogP contribution in [-0.2, 0) is 21.2 Å². The number of rotatable bonds is 7. The van der Waals surface area contributed by atoms with Crippen LogP contribution >= 0.6 is 24.0 Å². The van der Waals surface area contributed by atoms with E-state index in [4.69, 9.17) is 12.2 Å². The van der Waals surface area contributed by atoms with Gasteiger partial charge in [0.2, 0.25) is 5.91 Å². The molecule has 27 heavy (non-hydrogen) atoms. The highest BCUT2D eigenvalue weighted by molar-refractivity contribution is 8.02. The van der Waals surface area contributed by atoms with E-state index in [1.807, 2.05) is 18.5 Å². The van der Waals surface area contributed by atoms with E-state index in [-0.39, 0.29) is 28.5 Å². The molecule has 3 N–H and O–H groups in total. The van der Waals surface area contributed by atoms with Crippen molar-refractivity contribution in [1.29, 1.82) is 0 Å². The summed E-state index contributed by atoms with van der Waals surface area (Å²) in [7, 11) is -2.27. The van der Waals surface area contributed by atoms with E-state index in [0.717, 1.165) is 12.3 Å². The van der Waals surface area contributed by atoms with Crippen molar-refractivity contribution < 1.29 is 13.2 Å². The van der Waals surface area contributed by atoms with Gasteiger partial charge in [-0.05, 0) is 48.2 Å². The molecule has 1 atom stereocenters. The smallest absolute Gasteiger partial charge is 0.263 e. The molecule has 1 aliphatic rings. The van der Waals surface area contributed by atoms with Crippen molar-refractivity contribution >= 4 is 45.0 Å². The molecule has 0 aromatic heterocycles. The third-order valence-corrected chi connectivity index (χ3v) is 6.74. The molecule has 10 heteroatoms. The van der Waals surface area contributed by atoms with Crippen molar-refractivity contribution in [2.45, 2.75) is 37.8 Å². The van der Waals surface area contributed by atoms with E-state index >= 15 is 0 Å². The van der Waals surface area contributed by atoms with Crippen LogP contribution < -0.4 is 15.4 Å². The van der Waals surface area contributed by atoms with Gasteiger partial charge in [-0.15, -0.1) is 11.8 Å². The molecule has 1 amide bonds. The normalized spacial score (nSPS) is 14.7. The highest BCUT2D eigenvalue weighted by Crippen LogP contribution is 2.19. The zero-order chi connectivity index (χ0) is 20.0. The fourth-order valence-corrected chi connectivity index (χ4v) is 4.95. The lowest BCUT2D eigenvalue weighted by Crippen LogP contribution is -2.45. The van der Waals surface area contributed by atoms with Gasteiger partial charge in [0.25, 0.3) is 10.0 Å². The monoisotopic (exact) mass is 428 g/mol. The molecule has 0 saturated heterocycles. The number of benzene rings is 1. The first-order chi connectivity index (χ1) is 12.8. The molecule has 148 valence electrons. The van der Waals surface area contributed by atoms with Gasteiger partial charge in [0, 0.05) is 13.2 Å². The van der Waals surface area contributed by atoms with Crippen LogP contribution in [-0.4, -0.2) is 43.4 Å². The van der Waals surface area contributed by atoms with Gasteiger partial charge in [-0.3, -0.25) is 9.52 Å². The molecule has 1 heterocycles. The van der Waals surface area contributed by atoms with E-state index in [1.54, 1.807) is 30.8 Å². The fraction of sp³-hybridized carbons (Fsp3) is 0.412. The average Bonchev–Trinajstić information content (AvgIpc) is 3.15. The second-order valence-electron chi connectivity index (χ2n) is 6.05. The number of amides is 1. The number of carbonyl (C=O) groups excluding carboxylic acids is 1. The summed E-state index contributed by atoms with van der Waals surface area (Å²) >= 11 is 6.56. The molecule has 2 rings (SSSR count). The molecule has 1 aromatic carbocycles. The van der Waals surface area contributed by atoms with Gasteiger partial charge in [0.15, 0.2) is 5.11 Å². The van der Waals surface area contributed by atoms with Crippen LogP contribution in [0.5, 0.6) is 0 Å². The maximum Gasteiger partial charge on any atom is 0.263 e. The topological polar surface area (TPSA) is 90.5 Å². The fourth-order valence-electron chi connectivity index (χ4n) is 2.60. The van der Waals surface area contributed by atoms with Gasteiger partial charge in [-0.1, -0.05) is 19.1 Å². The number of nitrogens with one attached hydrogen (secondary N) is 3. The Labute approximate surface area is 170 Å². The molecule has 0 fully saturated rings. The second-order valence-corrected chi connectivity index (χ2v) is 8.97. The molecule has 0 saturated carbocycles. The van der Waals surface area contributed by atoms with Crippen LogP contribution in [0.4, 0.5) is 0 Å². The predicted octanol–water partition coefficient (Wildman–Crippen LogP) is 1.65. The number of sulfonamides is 1. The minimum atomic E-state index is -3.81. The molecule has 0 bridgehead atoms. The van der Waals surface area contributed by atoms with Crippen LogP contribution in [0.3, 0.4) is 0 Å². The van der Waals surface area contributed by atoms with Crippen LogP contribution in [0.25, 0.3) is 0 Å². The summed E-state index contributed by atoms with van der Waals surface area (Å²) in [4.78, 5) is 14.6. The van der Waals surface area contributed by atoms with Crippen molar-refractivity contribution in [2.75, 3.05) is 12.9 Å².